The summed E-state index contributed by atoms with van der Waals surface area (Å²) in [4.78, 5) is 23.3. The van der Waals surface area contributed by atoms with Crippen molar-refractivity contribution in [2.24, 2.45) is 5.41 Å². The van der Waals surface area contributed by atoms with Gasteiger partial charge in [-0.25, -0.2) is 8.42 Å². The number of esters is 1. The van der Waals surface area contributed by atoms with Crippen LogP contribution in [-0.4, -0.2) is 44.1 Å². The molecule has 0 aliphatic rings. The van der Waals surface area contributed by atoms with E-state index in [-0.39, 0.29) is 31.6 Å². The molecule has 0 aromatic heterocycles. The van der Waals surface area contributed by atoms with Gasteiger partial charge in [0.05, 0.1) is 6.61 Å². The van der Waals surface area contributed by atoms with E-state index in [4.69, 9.17) is 4.74 Å². The van der Waals surface area contributed by atoms with Crippen molar-refractivity contribution >= 4 is 21.8 Å². The summed E-state index contributed by atoms with van der Waals surface area (Å²) in [6.45, 7) is 3.48. The summed E-state index contributed by atoms with van der Waals surface area (Å²) in [6.07, 6.45) is 1.83. The fourth-order valence-electron chi connectivity index (χ4n) is 1.96. The Bertz CT molecular complexity index is 414. The maximum atomic E-state index is 11.9. The van der Waals surface area contributed by atoms with Crippen LogP contribution in [0, 0.1) is 5.41 Å². The van der Waals surface area contributed by atoms with Gasteiger partial charge in [-0.2, -0.15) is 0 Å². The van der Waals surface area contributed by atoms with Crippen molar-refractivity contribution in [1.29, 1.82) is 0 Å². The molecule has 112 valence electrons. The fourth-order valence-corrected chi connectivity index (χ4v) is 2.63. The number of hydrogen-bond acceptors (Lipinski definition) is 5. The third kappa shape index (κ3) is 5.59. The summed E-state index contributed by atoms with van der Waals surface area (Å²) in [7, 11) is -3.17. The van der Waals surface area contributed by atoms with Crippen molar-refractivity contribution in [2.75, 3.05) is 18.6 Å². The topological polar surface area (TPSA) is 97.7 Å². The number of carbonyl (C=O) groups excluding carboxylic acids is 1. The normalized spacial score (nSPS) is 14.7. The Hall–Kier alpha value is -1.11. The molecule has 0 spiro atoms. The summed E-state index contributed by atoms with van der Waals surface area (Å²) in [5.74, 6) is -2.16. The molecule has 0 saturated carbocycles. The third-order valence-electron chi connectivity index (χ3n) is 2.87. The van der Waals surface area contributed by atoms with Crippen LogP contribution in [0.5, 0.6) is 0 Å². The average Bonchev–Trinajstić information content (AvgIpc) is 2.26. The van der Waals surface area contributed by atoms with E-state index >= 15 is 0 Å². The number of rotatable bonds is 9. The minimum Gasteiger partial charge on any atom is -0.480 e. The zero-order chi connectivity index (χ0) is 15.1. The van der Waals surface area contributed by atoms with Crippen molar-refractivity contribution in [3.8, 4) is 0 Å². The molecule has 1 N–H and O–H groups in total. The summed E-state index contributed by atoms with van der Waals surface area (Å²) in [5.41, 5.74) is -1.63. The molecule has 0 rings (SSSR count). The molecule has 0 radical (unpaired) electrons. The first-order valence-electron chi connectivity index (χ1n) is 6.28. The second-order valence-corrected chi connectivity index (χ2v) is 6.85. The molecule has 0 bridgehead atoms. The number of aliphatic carboxylic acids is 1. The van der Waals surface area contributed by atoms with Crippen LogP contribution in [0.15, 0.2) is 0 Å². The molecule has 0 aromatic rings. The molecule has 0 amide bonds. The fraction of sp³-hybridized carbons (Fsp3) is 0.833. The van der Waals surface area contributed by atoms with E-state index in [1.54, 1.807) is 13.8 Å². The highest BCUT2D eigenvalue weighted by atomic mass is 32.2. The Balaban J connectivity index is 5.02. The van der Waals surface area contributed by atoms with E-state index in [9.17, 15) is 23.1 Å². The van der Waals surface area contributed by atoms with Crippen molar-refractivity contribution in [2.45, 2.75) is 39.5 Å². The van der Waals surface area contributed by atoms with E-state index in [1.165, 1.54) is 0 Å². The van der Waals surface area contributed by atoms with Gasteiger partial charge in [0.25, 0.3) is 0 Å². The lowest BCUT2D eigenvalue weighted by Gasteiger charge is -2.26. The lowest BCUT2D eigenvalue weighted by molar-refractivity contribution is -0.170. The van der Waals surface area contributed by atoms with Crippen LogP contribution in [0.25, 0.3) is 0 Å². The molecule has 0 heterocycles. The Labute approximate surface area is 114 Å². The first-order chi connectivity index (χ1) is 8.69. The van der Waals surface area contributed by atoms with Crippen molar-refractivity contribution in [1.82, 2.24) is 0 Å². The lowest BCUT2D eigenvalue weighted by atomic mass is 9.79. The van der Waals surface area contributed by atoms with Crippen LogP contribution in [0.3, 0.4) is 0 Å². The van der Waals surface area contributed by atoms with Crippen molar-refractivity contribution in [3.63, 3.8) is 0 Å². The Kier molecular flexibility index (Phi) is 7.04. The highest BCUT2D eigenvalue weighted by Crippen LogP contribution is 2.32. The number of carboxylic acid groups (broad SMARTS) is 1. The predicted molar refractivity (Wildman–Crippen MR) is 70.6 cm³/mol. The molecule has 1 atom stereocenters. The van der Waals surface area contributed by atoms with Crippen LogP contribution in [0.4, 0.5) is 0 Å². The van der Waals surface area contributed by atoms with E-state index in [0.29, 0.717) is 6.42 Å². The van der Waals surface area contributed by atoms with E-state index in [0.717, 1.165) is 6.26 Å². The first kappa shape index (κ1) is 17.9. The highest BCUT2D eigenvalue weighted by Gasteiger charge is 2.46. The number of hydrogen-bond donors (Lipinski definition) is 1. The molecule has 0 fully saturated rings. The standard InChI is InChI=1S/C12H22O6S/c1-4-7-12(10(13)14,11(15)18-5-2)8-6-9-19(3,16)17/h4-9H2,1-3H3,(H,13,14). The highest BCUT2D eigenvalue weighted by molar-refractivity contribution is 7.90. The predicted octanol–water partition coefficient (Wildman–Crippen LogP) is 1.25. The molecule has 0 aliphatic heterocycles. The summed E-state index contributed by atoms with van der Waals surface area (Å²) >= 11 is 0. The molecule has 7 heteroatoms. The Morgan fingerprint density at radius 1 is 1.21 bits per heavy atom. The van der Waals surface area contributed by atoms with Crippen molar-refractivity contribution < 1.29 is 27.9 Å². The number of sulfone groups is 1. The van der Waals surface area contributed by atoms with Gasteiger partial charge in [0.2, 0.25) is 0 Å². The number of carbonyl (C=O) groups is 2. The Morgan fingerprint density at radius 2 is 1.79 bits per heavy atom. The SMILES string of the molecule is CCCC(CCCS(C)(=O)=O)(C(=O)O)C(=O)OCC. The number of ether oxygens (including phenoxy) is 1. The number of carboxylic acids is 1. The Morgan fingerprint density at radius 3 is 2.16 bits per heavy atom. The molecule has 6 nitrogen and oxygen atoms in total. The largest absolute Gasteiger partial charge is 0.480 e. The molecule has 19 heavy (non-hydrogen) atoms. The average molecular weight is 294 g/mol. The molecule has 0 aliphatic carbocycles. The quantitative estimate of drug-likeness (QED) is 0.507. The minimum atomic E-state index is -3.17. The van der Waals surface area contributed by atoms with Gasteiger partial charge in [-0.15, -0.1) is 0 Å². The third-order valence-corrected chi connectivity index (χ3v) is 3.90. The lowest BCUT2D eigenvalue weighted by Crippen LogP contribution is -2.41. The van der Waals surface area contributed by atoms with Gasteiger partial charge < -0.3 is 9.84 Å². The van der Waals surface area contributed by atoms with Crippen LogP contribution in [0.1, 0.15) is 39.5 Å². The second-order valence-electron chi connectivity index (χ2n) is 4.59. The van der Waals surface area contributed by atoms with Crippen molar-refractivity contribution in [3.05, 3.63) is 0 Å². The second kappa shape index (κ2) is 7.47. The smallest absolute Gasteiger partial charge is 0.323 e. The van der Waals surface area contributed by atoms with Gasteiger partial charge in [0, 0.05) is 12.0 Å². The van der Waals surface area contributed by atoms with Gasteiger partial charge >= 0.3 is 11.9 Å². The van der Waals surface area contributed by atoms with Gasteiger partial charge in [-0.3, -0.25) is 9.59 Å². The van der Waals surface area contributed by atoms with Crippen LogP contribution in [0.2, 0.25) is 0 Å². The summed E-state index contributed by atoms with van der Waals surface area (Å²) in [6, 6.07) is 0. The molecular weight excluding hydrogens is 272 g/mol. The monoisotopic (exact) mass is 294 g/mol. The molecule has 0 saturated heterocycles. The molecule has 1 unspecified atom stereocenters. The first-order valence-corrected chi connectivity index (χ1v) is 8.34. The summed E-state index contributed by atoms with van der Waals surface area (Å²) < 4.78 is 27.0. The minimum absolute atomic E-state index is 0.0257. The van der Waals surface area contributed by atoms with E-state index < -0.39 is 27.2 Å². The zero-order valence-electron chi connectivity index (χ0n) is 11.6. The zero-order valence-corrected chi connectivity index (χ0v) is 12.5. The van der Waals surface area contributed by atoms with Crippen LogP contribution in [-0.2, 0) is 24.2 Å². The maximum Gasteiger partial charge on any atom is 0.323 e. The maximum absolute atomic E-state index is 11.9. The van der Waals surface area contributed by atoms with E-state index in [2.05, 4.69) is 0 Å². The van der Waals surface area contributed by atoms with Crippen LogP contribution < -0.4 is 0 Å². The van der Waals surface area contributed by atoms with Crippen LogP contribution >= 0.6 is 0 Å². The van der Waals surface area contributed by atoms with Gasteiger partial charge in [0.1, 0.15) is 9.84 Å². The summed E-state index contributed by atoms with van der Waals surface area (Å²) in [5, 5.41) is 9.33. The molecular formula is C12H22O6S. The van der Waals surface area contributed by atoms with Gasteiger partial charge in [-0.1, -0.05) is 13.3 Å². The van der Waals surface area contributed by atoms with Gasteiger partial charge in [-0.05, 0) is 26.2 Å². The van der Waals surface area contributed by atoms with E-state index in [1.807, 2.05) is 0 Å². The molecule has 0 aromatic carbocycles. The van der Waals surface area contributed by atoms with Gasteiger partial charge in [0.15, 0.2) is 5.41 Å².